The lowest BCUT2D eigenvalue weighted by Crippen LogP contribution is -2.32. The Balaban J connectivity index is 2.12. The minimum absolute atomic E-state index is 0.0274. The molecule has 0 aromatic carbocycles. The average Bonchev–Trinajstić information content (AvgIpc) is 2.86. The summed E-state index contributed by atoms with van der Waals surface area (Å²) in [6.45, 7) is 2.10. The maximum atomic E-state index is 12.0. The van der Waals surface area contributed by atoms with Crippen LogP contribution in [0.3, 0.4) is 0 Å². The minimum Gasteiger partial charge on any atom is -0.477 e. The van der Waals surface area contributed by atoms with Crippen LogP contribution in [-0.2, 0) is 10.0 Å². The van der Waals surface area contributed by atoms with Gasteiger partial charge in [0, 0.05) is 6.04 Å². The molecule has 1 saturated carbocycles. The van der Waals surface area contributed by atoms with Gasteiger partial charge in [-0.1, -0.05) is 6.92 Å². The topological polar surface area (TPSA) is 83.5 Å². The van der Waals surface area contributed by atoms with Crippen LogP contribution in [0.4, 0.5) is 0 Å². The fraction of sp³-hybridized carbons (Fsp3) is 0.545. The molecule has 5 nitrogen and oxygen atoms in total. The number of hydrogen-bond acceptors (Lipinski definition) is 4. The molecule has 2 rings (SSSR count). The number of aromatic carboxylic acids is 1. The second-order valence-corrected chi connectivity index (χ2v) is 7.68. The van der Waals surface area contributed by atoms with E-state index in [4.69, 9.17) is 5.11 Å². The lowest BCUT2D eigenvalue weighted by molar-refractivity contribution is 0.0702. The number of hydrogen-bond donors (Lipinski definition) is 2. The van der Waals surface area contributed by atoms with Crippen LogP contribution in [0.15, 0.2) is 16.3 Å². The molecule has 0 amide bonds. The predicted molar refractivity (Wildman–Crippen MR) is 68.4 cm³/mol. The van der Waals surface area contributed by atoms with E-state index < -0.39 is 16.0 Å². The molecule has 1 heterocycles. The molecule has 1 aromatic rings. The van der Waals surface area contributed by atoms with Gasteiger partial charge >= 0.3 is 5.97 Å². The second kappa shape index (κ2) is 4.99. The highest BCUT2D eigenvalue weighted by atomic mass is 32.2. The van der Waals surface area contributed by atoms with Gasteiger partial charge in [0.05, 0.1) is 0 Å². The molecule has 100 valence electrons. The zero-order chi connectivity index (χ0) is 13.3. The van der Waals surface area contributed by atoms with Crippen molar-refractivity contribution in [3.8, 4) is 0 Å². The van der Waals surface area contributed by atoms with Gasteiger partial charge in [-0.25, -0.2) is 17.9 Å². The van der Waals surface area contributed by atoms with Gasteiger partial charge in [-0.2, -0.15) is 0 Å². The Morgan fingerprint density at radius 3 is 2.67 bits per heavy atom. The molecule has 0 saturated heterocycles. The maximum Gasteiger partial charge on any atom is 0.345 e. The van der Waals surface area contributed by atoms with E-state index in [0.717, 1.165) is 30.6 Å². The van der Waals surface area contributed by atoms with Crippen molar-refractivity contribution in [1.82, 2.24) is 4.72 Å². The Labute approximate surface area is 110 Å². The molecular weight excluding hydrogens is 274 g/mol. The summed E-state index contributed by atoms with van der Waals surface area (Å²) in [5.74, 6) is -0.563. The smallest absolute Gasteiger partial charge is 0.345 e. The number of rotatable bonds is 4. The maximum absolute atomic E-state index is 12.0. The lowest BCUT2D eigenvalue weighted by Gasteiger charge is -2.11. The molecule has 2 atom stereocenters. The number of carboxylic acid groups (broad SMARTS) is 1. The monoisotopic (exact) mass is 289 g/mol. The van der Waals surface area contributed by atoms with E-state index in [1.54, 1.807) is 0 Å². The minimum atomic E-state index is -3.57. The fourth-order valence-electron chi connectivity index (χ4n) is 2.17. The molecule has 2 unspecified atom stereocenters. The number of nitrogens with one attached hydrogen (secondary N) is 1. The van der Waals surface area contributed by atoms with Gasteiger partial charge in [0.25, 0.3) is 0 Å². The van der Waals surface area contributed by atoms with Crippen LogP contribution < -0.4 is 4.72 Å². The van der Waals surface area contributed by atoms with Crippen LogP contribution in [0.25, 0.3) is 0 Å². The van der Waals surface area contributed by atoms with Gasteiger partial charge < -0.3 is 5.11 Å². The Hall–Kier alpha value is -0.920. The third-order valence-electron chi connectivity index (χ3n) is 3.07. The molecule has 2 N–H and O–H groups in total. The second-order valence-electron chi connectivity index (χ2n) is 4.66. The lowest BCUT2D eigenvalue weighted by atomic mass is 10.1. The van der Waals surface area contributed by atoms with Gasteiger partial charge in [0.1, 0.15) is 9.09 Å². The highest BCUT2D eigenvalue weighted by Gasteiger charge is 2.27. The largest absolute Gasteiger partial charge is 0.477 e. The highest BCUT2D eigenvalue weighted by Crippen LogP contribution is 2.27. The summed E-state index contributed by atoms with van der Waals surface area (Å²) in [5.41, 5.74) is 0. The summed E-state index contributed by atoms with van der Waals surface area (Å²) in [6, 6.07) is 2.63. The fourth-order valence-corrected chi connectivity index (χ4v) is 4.62. The number of thiophene rings is 1. The van der Waals surface area contributed by atoms with E-state index in [1.165, 1.54) is 12.1 Å². The highest BCUT2D eigenvalue weighted by molar-refractivity contribution is 7.91. The van der Waals surface area contributed by atoms with E-state index in [9.17, 15) is 13.2 Å². The number of carbonyl (C=O) groups is 1. The van der Waals surface area contributed by atoms with E-state index >= 15 is 0 Å². The summed E-state index contributed by atoms with van der Waals surface area (Å²) in [5, 5.41) is 8.78. The van der Waals surface area contributed by atoms with Crippen molar-refractivity contribution >= 4 is 27.3 Å². The van der Waals surface area contributed by atoms with Gasteiger partial charge in [0.2, 0.25) is 10.0 Å². The molecular formula is C11H15NO4S2. The van der Waals surface area contributed by atoms with Gasteiger partial charge in [-0.05, 0) is 37.3 Å². The van der Waals surface area contributed by atoms with Crippen molar-refractivity contribution in [2.24, 2.45) is 5.92 Å². The Morgan fingerprint density at radius 2 is 2.17 bits per heavy atom. The van der Waals surface area contributed by atoms with Crippen molar-refractivity contribution < 1.29 is 18.3 Å². The third-order valence-corrected chi connectivity index (χ3v) is 6.16. The summed E-state index contributed by atoms with van der Waals surface area (Å²) in [7, 11) is -3.57. The zero-order valence-electron chi connectivity index (χ0n) is 9.92. The zero-order valence-corrected chi connectivity index (χ0v) is 11.6. The van der Waals surface area contributed by atoms with Crippen molar-refractivity contribution in [3.05, 3.63) is 17.0 Å². The quantitative estimate of drug-likeness (QED) is 0.887. The summed E-state index contributed by atoms with van der Waals surface area (Å²) in [6.07, 6.45) is 2.71. The van der Waals surface area contributed by atoms with E-state index in [0.29, 0.717) is 5.92 Å². The van der Waals surface area contributed by atoms with Crippen molar-refractivity contribution in [2.75, 3.05) is 0 Å². The molecule has 0 bridgehead atoms. The van der Waals surface area contributed by atoms with Crippen LogP contribution in [0.1, 0.15) is 35.9 Å². The molecule has 1 aliphatic rings. The first kappa shape index (κ1) is 13.5. The SMILES string of the molecule is CC1CCC(NS(=O)(=O)c2ccc(C(=O)O)s2)C1. The van der Waals surface area contributed by atoms with Crippen LogP contribution in [-0.4, -0.2) is 25.5 Å². The normalized spacial score (nSPS) is 24.3. The summed E-state index contributed by atoms with van der Waals surface area (Å²) in [4.78, 5) is 10.8. The molecule has 7 heteroatoms. The number of sulfonamides is 1. The first-order chi connectivity index (χ1) is 8.38. The van der Waals surface area contributed by atoms with Crippen molar-refractivity contribution in [1.29, 1.82) is 0 Å². The van der Waals surface area contributed by atoms with Crippen LogP contribution in [0.5, 0.6) is 0 Å². The Morgan fingerprint density at radius 1 is 1.44 bits per heavy atom. The number of carboxylic acids is 1. The van der Waals surface area contributed by atoms with Crippen LogP contribution >= 0.6 is 11.3 Å². The van der Waals surface area contributed by atoms with Gasteiger partial charge in [-0.3, -0.25) is 0 Å². The molecule has 0 aliphatic heterocycles. The molecule has 0 radical (unpaired) electrons. The van der Waals surface area contributed by atoms with E-state index in [2.05, 4.69) is 11.6 Å². The molecule has 1 aromatic heterocycles. The summed E-state index contributed by atoms with van der Waals surface area (Å²) < 4.78 is 26.8. The van der Waals surface area contributed by atoms with Crippen LogP contribution in [0, 0.1) is 5.92 Å². The summed E-state index contributed by atoms with van der Waals surface area (Å²) >= 11 is 0.782. The standard InChI is InChI=1S/C11H15NO4S2/c1-7-2-3-8(6-7)12-18(15,16)10-5-4-9(17-10)11(13)14/h4-5,7-8,12H,2-3,6H2,1H3,(H,13,14). The third kappa shape index (κ3) is 2.90. The van der Waals surface area contributed by atoms with Gasteiger partial charge in [0.15, 0.2) is 0 Å². The van der Waals surface area contributed by atoms with E-state index in [1.807, 2.05) is 0 Å². The molecule has 18 heavy (non-hydrogen) atoms. The first-order valence-corrected chi connectivity index (χ1v) is 8.04. The average molecular weight is 289 g/mol. The predicted octanol–water partition coefficient (Wildman–Crippen LogP) is 1.91. The Kier molecular flexibility index (Phi) is 3.74. The van der Waals surface area contributed by atoms with Crippen molar-refractivity contribution in [3.63, 3.8) is 0 Å². The van der Waals surface area contributed by atoms with Gasteiger partial charge in [-0.15, -0.1) is 11.3 Å². The molecule has 1 fully saturated rings. The molecule has 1 aliphatic carbocycles. The van der Waals surface area contributed by atoms with Crippen LogP contribution in [0.2, 0.25) is 0 Å². The van der Waals surface area contributed by atoms with Crippen molar-refractivity contribution in [2.45, 2.75) is 36.4 Å². The Bertz CT molecular complexity index is 549. The molecule has 0 spiro atoms. The van der Waals surface area contributed by atoms with E-state index in [-0.39, 0.29) is 15.1 Å². The first-order valence-electron chi connectivity index (χ1n) is 5.74.